The number of ether oxygens (including phenoxy) is 1. The third-order valence-corrected chi connectivity index (χ3v) is 3.39. The first-order valence-corrected chi connectivity index (χ1v) is 5.87. The van der Waals surface area contributed by atoms with Crippen LogP contribution >= 0.6 is 0 Å². The van der Waals surface area contributed by atoms with Crippen molar-refractivity contribution >= 4 is 6.47 Å². The van der Waals surface area contributed by atoms with Crippen LogP contribution in [0.2, 0.25) is 0 Å². The predicted octanol–water partition coefficient (Wildman–Crippen LogP) is 3.15. The molecule has 0 bridgehead atoms. The van der Waals surface area contributed by atoms with Crippen molar-refractivity contribution in [3.05, 3.63) is 0 Å². The average molecular weight is 198 g/mol. The van der Waals surface area contributed by atoms with E-state index in [-0.39, 0.29) is 6.10 Å². The Hall–Kier alpha value is -0.530. The molecule has 0 aliphatic heterocycles. The smallest absolute Gasteiger partial charge is 0.293 e. The Bertz CT molecular complexity index is 160. The third kappa shape index (κ3) is 3.32. The van der Waals surface area contributed by atoms with E-state index in [1.54, 1.807) is 0 Å². The fourth-order valence-electron chi connectivity index (χ4n) is 2.43. The van der Waals surface area contributed by atoms with Crippen LogP contribution in [0.5, 0.6) is 0 Å². The van der Waals surface area contributed by atoms with Crippen molar-refractivity contribution < 1.29 is 9.53 Å². The van der Waals surface area contributed by atoms with Crippen molar-refractivity contribution in [3.63, 3.8) is 0 Å². The van der Waals surface area contributed by atoms with Crippen molar-refractivity contribution in [1.82, 2.24) is 0 Å². The van der Waals surface area contributed by atoms with Crippen LogP contribution in [0, 0.1) is 11.8 Å². The molecule has 1 atom stereocenters. The summed E-state index contributed by atoms with van der Waals surface area (Å²) in [6.45, 7) is 5.08. The number of carbonyl (C=O) groups excluding carboxylic acids is 1. The highest BCUT2D eigenvalue weighted by atomic mass is 16.5. The van der Waals surface area contributed by atoms with Crippen LogP contribution in [0.1, 0.15) is 52.4 Å². The second-order valence-electron chi connectivity index (χ2n) is 4.58. The first kappa shape index (κ1) is 11.5. The molecule has 0 aromatic carbocycles. The SMILES string of the molecule is CCCC(OC=O)C1CCC(C)CC1. The van der Waals surface area contributed by atoms with Gasteiger partial charge < -0.3 is 4.74 Å². The van der Waals surface area contributed by atoms with Gasteiger partial charge in [-0.15, -0.1) is 0 Å². The lowest BCUT2D eigenvalue weighted by atomic mass is 9.79. The Morgan fingerprint density at radius 2 is 2.00 bits per heavy atom. The van der Waals surface area contributed by atoms with Gasteiger partial charge in [0, 0.05) is 0 Å². The molecule has 0 heterocycles. The van der Waals surface area contributed by atoms with Gasteiger partial charge in [0.15, 0.2) is 0 Å². The molecule has 1 rings (SSSR count). The minimum Gasteiger partial charge on any atom is -0.464 e. The largest absolute Gasteiger partial charge is 0.464 e. The second kappa shape index (κ2) is 6.05. The zero-order valence-corrected chi connectivity index (χ0v) is 9.37. The van der Waals surface area contributed by atoms with E-state index < -0.39 is 0 Å². The molecule has 2 nitrogen and oxygen atoms in total. The van der Waals surface area contributed by atoms with Gasteiger partial charge in [-0.05, 0) is 31.1 Å². The maximum absolute atomic E-state index is 10.4. The monoisotopic (exact) mass is 198 g/mol. The zero-order chi connectivity index (χ0) is 10.4. The molecular weight excluding hydrogens is 176 g/mol. The molecular formula is C12H22O2. The molecule has 1 unspecified atom stereocenters. The Morgan fingerprint density at radius 1 is 1.36 bits per heavy atom. The topological polar surface area (TPSA) is 26.3 Å². The summed E-state index contributed by atoms with van der Waals surface area (Å²) < 4.78 is 5.18. The molecule has 0 aromatic heterocycles. The molecule has 0 aromatic rings. The summed E-state index contributed by atoms with van der Waals surface area (Å²) >= 11 is 0. The van der Waals surface area contributed by atoms with E-state index in [0.29, 0.717) is 12.4 Å². The molecule has 1 aliphatic carbocycles. The van der Waals surface area contributed by atoms with Crippen molar-refractivity contribution in [2.75, 3.05) is 0 Å². The standard InChI is InChI=1S/C12H22O2/c1-3-4-12(14-9-13)11-7-5-10(2)6-8-11/h9-12H,3-8H2,1-2H3. The van der Waals surface area contributed by atoms with Gasteiger partial charge in [0.2, 0.25) is 0 Å². The lowest BCUT2D eigenvalue weighted by molar-refractivity contribution is -0.137. The normalized spacial score (nSPS) is 29.6. The van der Waals surface area contributed by atoms with Gasteiger partial charge in [-0.1, -0.05) is 33.1 Å². The molecule has 0 radical (unpaired) electrons. The Labute approximate surface area is 87.0 Å². The number of rotatable bonds is 5. The lowest BCUT2D eigenvalue weighted by Crippen LogP contribution is -2.27. The van der Waals surface area contributed by atoms with E-state index in [2.05, 4.69) is 13.8 Å². The molecule has 0 spiro atoms. The molecule has 0 amide bonds. The zero-order valence-electron chi connectivity index (χ0n) is 9.37. The highest BCUT2D eigenvalue weighted by Gasteiger charge is 2.26. The van der Waals surface area contributed by atoms with Gasteiger partial charge in [-0.25, -0.2) is 0 Å². The van der Waals surface area contributed by atoms with Gasteiger partial charge in [0.05, 0.1) is 0 Å². The Kier molecular flexibility index (Phi) is 4.99. The maximum Gasteiger partial charge on any atom is 0.293 e. The van der Waals surface area contributed by atoms with Crippen molar-refractivity contribution in [2.24, 2.45) is 11.8 Å². The van der Waals surface area contributed by atoms with Gasteiger partial charge in [-0.2, -0.15) is 0 Å². The van der Waals surface area contributed by atoms with Crippen LogP contribution in [-0.2, 0) is 9.53 Å². The Morgan fingerprint density at radius 3 is 2.50 bits per heavy atom. The second-order valence-corrected chi connectivity index (χ2v) is 4.58. The van der Waals surface area contributed by atoms with Crippen LogP contribution in [0.3, 0.4) is 0 Å². The number of carbonyl (C=O) groups is 1. The fourth-order valence-corrected chi connectivity index (χ4v) is 2.43. The summed E-state index contributed by atoms with van der Waals surface area (Å²) in [5.74, 6) is 1.49. The summed E-state index contributed by atoms with van der Waals surface area (Å²) in [7, 11) is 0. The molecule has 1 fully saturated rings. The van der Waals surface area contributed by atoms with E-state index in [1.165, 1.54) is 25.7 Å². The molecule has 0 saturated heterocycles. The van der Waals surface area contributed by atoms with E-state index in [9.17, 15) is 4.79 Å². The molecule has 1 saturated carbocycles. The maximum atomic E-state index is 10.4. The van der Waals surface area contributed by atoms with Crippen molar-refractivity contribution in [1.29, 1.82) is 0 Å². The van der Waals surface area contributed by atoms with Gasteiger partial charge in [0.25, 0.3) is 6.47 Å². The van der Waals surface area contributed by atoms with E-state index in [1.807, 2.05) is 0 Å². The first-order chi connectivity index (χ1) is 6.77. The van der Waals surface area contributed by atoms with Crippen molar-refractivity contribution in [2.45, 2.75) is 58.5 Å². The van der Waals surface area contributed by atoms with Crippen LogP contribution in [-0.4, -0.2) is 12.6 Å². The van der Waals surface area contributed by atoms with E-state index in [0.717, 1.165) is 18.8 Å². The van der Waals surface area contributed by atoms with E-state index >= 15 is 0 Å². The molecule has 1 aliphatic rings. The molecule has 2 heteroatoms. The van der Waals surface area contributed by atoms with Crippen LogP contribution in [0.25, 0.3) is 0 Å². The predicted molar refractivity (Wildman–Crippen MR) is 57.0 cm³/mol. The summed E-state index contributed by atoms with van der Waals surface area (Å²) in [4.78, 5) is 10.4. The fraction of sp³-hybridized carbons (Fsp3) is 0.917. The van der Waals surface area contributed by atoms with Crippen LogP contribution in [0.4, 0.5) is 0 Å². The highest BCUT2D eigenvalue weighted by Crippen LogP contribution is 2.32. The number of hydrogen-bond donors (Lipinski definition) is 0. The molecule has 14 heavy (non-hydrogen) atoms. The average Bonchev–Trinajstić information content (AvgIpc) is 2.19. The summed E-state index contributed by atoms with van der Waals surface area (Å²) in [5, 5.41) is 0. The molecule has 82 valence electrons. The summed E-state index contributed by atoms with van der Waals surface area (Å²) in [6, 6.07) is 0. The summed E-state index contributed by atoms with van der Waals surface area (Å²) in [5.41, 5.74) is 0. The van der Waals surface area contributed by atoms with Crippen molar-refractivity contribution in [3.8, 4) is 0 Å². The summed E-state index contributed by atoms with van der Waals surface area (Å²) in [6.07, 6.45) is 7.38. The first-order valence-electron chi connectivity index (χ1n) is 5.87. The van der Waals surface area contributed by atoms with Crippen LogP contribution in [0.15, 0.2) is 0 Å². The van der Waals surface area contributed by atoms with Crippen LogP contribution < -0.4 is 0 Å². The highest BCUT2D eigenvalue weighted by molar-refractivity contribution is 5.37. The third-order valence-electron chi connectivity index (χ3n) is 3.39. The lowest BCUT2D eigenvalue weighted by Gasteiger charge is -2.31. The Balaban J connectivity index is 2.38. The minimum atomic E-state index is 0.185. The number of hydrogen-bond acceptors (Lipinski definition) is 2. The minimum absolute atomic E-state index is 0.185. The molecule has 0 N–H and O–H groups in total. The quantitative estimate of drug-likeness (QED) is 0.634. The van der Waals surface area contributed by atoms with Gasteiger partial charge in [0.1, 0.15) is 6.10 Å². The van der Waals surface area contributed by atoms with Gasteiger partial charge in [-0.3, -0.25) is 4.79 Å². The van der Waals surface area contributed by atoms with E-state index in [4.69, 9.17) is 4.74 Å². The van der Waals surface area contributed by atoms with Gasteiger partial charge >= 0.3 is 0 Å².